The lowest BCUT2D eigenvalue weighted by atomic mass is 9.95. The van der Waals surface area contributed by atoms with Crippen LogP contribution < -0.4 is 0 Å². The Balaban J connectivity index is 4.86. The maximum atomic E-state index is 13.5. The van der Waals surface area contributed by atoms with Gasteiger partial charge in [-0.25, -0.2) is 0 Å². The Labute approximate surface area is 120 Å². The fraction of sp³-hybridized carbons (Fsp3) is 0.571. The van der Waals surface area contributed by atoms with Crippen molar-refractivity contribution in [1.29, 1.82) is 0 Å². The maximum absolute atomic E-state index is 13.5. The van der Waals surface area contributed by atoms with Crippen molar-refractivity contribution in [2.75, 3.05) is 0 Å². The number of alkyl halides is 4. The van der Waals surface area contributed by atoms with Crippen LogP contribution in [0, 0.1) is 0 Å². The highest BCUT2D eigenvalue weighted by Crippen LogP contribution is 2.41. The van der Waals surface area contributed by atoms with Crippen LogP contribution in [0.2, 0.25) is 0 Å². The van der Waals surface area contributed by atoms with E-state index in [2.05, 4.69) is 13.2 Å². The van der Waals surface area contributed by atoms with Crippen LogP contribution in [0.15, 0.2) is 24.3 Å². The van der Waals surface area contributed by atoms with Crippen molar-refractivity contribution < 1.29 is 32.3 Å². The molecule has 0 aromatic heterocycles. The molecule has 0 aliphatic rings. The minimum atomic E-state index is -4.62. The Bertz CT molecular complexity index is 455. The molecule has 0 radical (unpaired) electrons. The molecule has 21 heavy (non-hydrogen) atoms. The fourth-order valence-electron chi connectivity index (χ4n) is 1.44. The summed E-state index contributed by atoms with van der Waals surface area (Å²) in [5.41, 5.74) is -0.217. The number of aliphatic hydroxyl groups is 1. The van der Waals surface area contributed by atoms with Gasteiger partial charge < -0.3 is 5.11 Å². The predicted octanol–water partition coefficient (Wildman–Crippen LogP) is 3.08. The van der Waals surface area contributed by atoms with E-state index in [9.17, 15) is 32.3 Å². The van der Waals surface area contributed by atoms with Crippen LogP contribution in [-0.2, 0) is 9.59 Å². The monoisotopic (exact) mass is 310 g/mol. The summed E-state index contributed by atoms with van der Waals surface area (Å²) in [6.07, 6.45) is -6.17. The summed E-state index contributed by atoms with van der Waals surface area (Å²) in [6.45, 7) is 8.84. The van der Waals surface area contributed by atoms with E-state index in [1.54, 1.807) is 0 Å². The first-order valence-electron chi connectivity index (χ1n) is 6.14. The molecule has 1 atom stereocenters. The molecule has 0 aromatic carbocycles. The Morgan fingerprint density at radius 2 is 1.52 bits per heavy atom. The zero-order valence-electron chi connectivity index (χ0n) is 11.9. The maximum Gasteiger partial charge on any atom is 0.313 e. The Hall–Kier alpha value is -1.50. The third kappa shape index (κ3) is 5.41. The summed E-state index contributed by atoms with van der Waals surface area (Å²) in [5, 5.41) is 9.25. The third-order valence-electron chi connectivity index (χ3n) is 2.85. The van der Waals surface area contributed by atoms with Gasteiger partial charge in [-0.05, 0) is 25.0 Å². The third-order valence-corrected chi connectivity index (χ3v) is 2.85. The van der Waals surface area contributed by atoms with Gasteiger partial charge in [-0.2, -0.15) is 17.6 Å². The minimum Gasteiger partial charge on any atom is -0.385 e. The number of rotatable bonds is 9. The summed E-state index contributed by atoms with van der Waals surface area (Å²) in [5.74, 6) is -11.0. The van der Waals surface area contributed by atoms with Crippen LogP contribution in [0.3, 0.4) is 0 Å². The highest BCUT2D eigenvalue weighted by atomic mass is 19.3. The molecule has 0 heterocycles. The second-order valence-corrected chi connectivity index (χ2v) is 4.98. The SMILES string of the molecule is C=C(C)C(=O)CCC(F)(F)C(F)(F)CC(O)C(=O)C(=C)C. The quantitative estimate of drug-likeness (QED) is 0.526. The van der Waals surface area contributed by atoms with Crippen molar-refractivity contribution in [2.45, 2.75) is 51.1 Å². The lowest BCUT2D eigenvalue weighted by Gasteiger charge is -2.27. The van der Waals surface area contributed by atoms with Crippen molar-refractivity contribution in [3.05, 3.63) is 24.3 Å². The molecule has 1 N–H and O–H groups in total. The largest absolute Gasteiger partial charge is 0.385 e. The number of allylic oxidation sites excluding steroid dienone is 1. The van der Waals surface area contributed by atoms with E-state index < -0.39 is 48.8 Å². The summed E-state index contributed by atoms with van der Waals surface area (Å²) >= 11 is 0. The summed E-state index contributed by atoms with van der Waals surface area (Å²) in [4.78, 5) is 22.4. The fourth-order valence-corrected chi connectivity index (χ4v) is 1.44. The highest BCUT2D eigenvalue weighted by molar-refractivity contribution is 5.97. The van der Waals surface area contributed by atoms with Crippen molar-refractivity contribution >= 4 is 11.6 Å². The van der Waals surface area contributed by atoms with Gasteiger partial charge in [-0.1, -0.05) is 13.2 Å². The number of aliphatic hydroxyl groups excluding tert-OH is 1. The molecule has 0 saturated carbocycles. The van der Waals surface area contributed by atoms with Gasteiger partial charge in [0.2, 0.25) is 0 Å². The molecule has 0 aliphatic heterocycles. The van der Waals surface area contributed by atoms with Crippen LogP contribution >= 0.6 is 0 Å². The molecule has 0 fully saturated rings. The van der Waals surface area contributed by atoms with Crippen LogP contribution in [0.1, 0.15) is 33.1 Å². The molecule has 120 valence electrons. The van der Waals surface area contributed by atoms with E-state index in [-0.39, 0.29) is 11.1 Å². The number of hydrogen-bond donors (Lipinski definition) is 1. The molecule has 0 spiro atoms. The van der Waals surface area contributed by atoms with Gasteiger partial charge in [0, 0.05) is 12.8 Å². The van der Waals surface area contributed by atoms with E-state index in [0.717, 1.165) is 0 Å². The second-order valence-electron chi connectivity index (χ2n) is 4.98. The molecular weight excluding hydrogens is 292 g/mol. The summed E-state index contributed by atoms with van der Waals surface area (Å²) < 4.78 is 54.0. The Kier molecular flexibility index (Phi) is 6.48. The van der Waals surface area contributed by atoms with Gasteiger partial charge in [0.05, 0.1) is 6.42 Å². The van der Waals surface area contributed by atoms with Crippen molar-refractivity contribution in [3.8, 4) is 0 Å². The summed E-state index contributed by atoms with van der Waals surface area (Å²) in [7, 11) is 0. The van der Waals surface area contributed by atoms with Gasteiger partial charge in [0.1, 0.15) is 6.10 Å². The molecule has 3 nitrogen and oxygen atoms in total. The summed E-state index contributed by atoms with van der Waals surface area (Å²) in [6, 6.07) is 0. The molecule has 0 aliphatic carbocycles. The Morgan fingerprint density at radius 3 is 1.90 bits per heavy atom. The van der Waals surface area contributed by atoms with Crippen LogP contribution in [-0.4, -0.2) is 34.6 Å². The number of halogens is 4. The lowest BCUT2D eigenvalue weighted by Crippen LogP contribution is -2.44. The zero-order chi connectivity index (χ0) is 17.0. The highest BCUT2D eigenvalue weighted by Gasteiger charge is 2.56. The van der Waals surface area contributed by atoms with Crippen LogP contribution in [0.5, 0.6) is 0 Å². The van der Waals surface area contributed by atoms with Crippen molar-refractivity contribution in [2.24, 2.45) is 0 Å². The number of carbonyl (C=O) groups is 2. The van der Waals surface area contributed by atoms with E-state index >= 15 is 0 Å². The van der Waals surface area contributed by atoms with Crippen LogP contribution in [0.25, 0.3) is 0 Å². The number of carbonyl (C=O) groups excluding carboxylic acids is 2. The minimum absolute atomic E-state index is 0.00777. The number of ketones is 2. The lowest BCUT2D eigenvalue weighted by molar-refractivity contribution is -0.223. The van der Waals surface area contributed by atoms with E-state index in [4.69, 9.17) is 0 Å². The average Bonchev–Trinajstić information content (AvgIpc) is 2.33. The smallest absolute Gasteiger partial charge is 0.313 e. The van der Waals surface area contributed by atoms with Gasteiger partial charge in [-0.3, -0.25) is 9.59 Å². The van der Waals surface area contributed by atoms with Crippen molar-refractivity contribution in [3.63, 3.8) is 0 Å². The molecule has 0 bridgehead atoms. The van der Waals surface area contributed by atoms with Crippen LogP contribution in [0.4, 0.5) is 17.6 Å². The van der Waals surface area contributed by atoms with Gasteiger partial charge in [-0.15, -0.1) is 0 Å². The van der Waals surface area contributed by atoms with Crippen molar-refractivity contribution in [1.82, 2.24) is 0 Å². The predicted molar refractivity (Wildman–Crippen MR) is 69.4 cm³/mol. The molecule has 0 amide bonds. The molecule has 0 saturated heterocycles. The first-order valence-corrected chi connectivity index (χ1v) is 6.14. The average molecular weight is 310 g/mol. The topological polar surface area (TPSA) is 54.4 Å². The van der Waals surface area contributed by atoms with Gasteiger partial charge in [0.15, 0.2) is 11.6 Å². The molecule has 1 unspecified atom stereocenters. The van der Waals surface area contributed by atoms with E-state index in [0.29, 0.717) is 0 Å². The number of Topliss-reactive ketones (excluding diaryl/α,β-unsaturated/α-hetero) is 2. The number of hydrogen-bond acceptors (Lipinski definition) is 3. The standard InChI is InChI=1S/C14H18F4O3/c1-8(2)10(19)5-6-13(15,16)14(17,18)7-11(20)12(21)9(3)4/h11,20H,1,3,5-7H2,2,4H3. The van der Waals surface area contributed by atoms with E-state index in [1.807, 2.05) is 0 Å². The first-order chi connectivity index (χ1) is 9.32. The zero-order valence-corrected chi connectivity index (χ0v) is 11.9. The Morgan fingerprint density at radius 1 is 1.05 bits per heavy atom. The van der Waals surface area contributed by atoms with E-state index in [1.165, 1.54) is 13.8 Å². The van der Waals surface area contributed by atoms with Gasteiger partial charge in [0.25, 0.3) is 0 Å². The molecule has 0 aromatic rings. The molecule has 7 heteroatoms. The first kappa shape index (κ1) is 19.5. The molecule has 0 rings (SSSR count). The second kappa shape index (κ2) is 6.98. The van der Waals surface area contributed by atoms with Gasteiger partial charge >= 0.3 is 11.8 Å². The molecular formula is C14H18F4O3. The normalized spacial score (nSPS) is 13.7.